The molecule has 0 aromatic heterocycles. The Morgan fingerprint density at radius 2 is 2.05 bits per heavy atom. The Labute approximate surface area is 120 Å². The van der Waals surface area contributed by atoms with Crippen LogP contribution < -0.4 is 5.32 Å². The number of para-hydroxylation sites is 1. The largest absolute Gasteiger partial charge is 0.396 e. The second kappa shape index (κ2) is 7.29. The van der Waals surface area contributed by atoms with Gasteiger partial charge in [0.2, 0.25) is 0 Å². The Balaban J connectivity index is 1.95. The van der Waals surface area contributed by atoms with Crippen LogP contribution in [0.4, 0.5) is 10.5 Å². The summed E-state index contributed by atoms with van der Waals surface area (Å²) in [6, 6.07) is 7.96. The van der Waals surface area contributed by atoms with Gasteiger partial charge in [-0.3, -0.25) is 0 Å². The first-order valence-electron chi connectivity index (χ1n) is 7.49. The number of nitrogens with zero attached hydrogens (tertiary/aromatic N) is 1. The van der Waals surface area contributed by atoms with Crippen LogP contribution in [-0.2, 0) is 6.42 Å². The van der Waals surface area contributed by atoms with Gasteiger partial charge in [-0.25, -0.2) is 4.79 Å². The van der Waals surface area contributed by atoms with Crippen LogP contribution in [0.25, 0.3) is 0 Å². The second-order valence-electron chi connectivity index (χ2n) is 5.45. The van der Waals surface area contributed by atoms with Gasteiger partial charge in [0.05, 0.1) is 0 Å². The fourth-order valence-electron chi connectivity index (χ4n) is 2.64. The number of aliphatic hydroxyl groups is 1. The van der Waals surface area contributed by atoms with Crippen LogP contribution in [0.2, 0.25) is 0 Å². The van der Waals surface area contributed by atoms with Gasteiger partial charge in [-0.15, -0.1) is 0 Å². The van der Waals surface area contributed by atoms with Gasteiger partial charge in [-0.1, -0.05) is 31.5 Å². The molecule has 0 bridgehead atoms. The summed E-state index contributed by atoms with van der Waals surface area (Å²) in [5.74, 6) is 0.353. The van der Waals surface area contributed by atoms with Gasteiger partial charge < -0.3 is 15.3 Å². The van der Waals surface area contributed by atoms with Gasteiger partial charge >= 0.3 is 6.03 Å². The standard InChI is InChI=1S/C16H24N2O2/c1-2-5-14-6-3-4-7-15(14)17-16(20)18-10-8-13(12-19)9-11-18/h3-4,6-7,13,19H,2,5,8-12H2,1H3,(H,17,20). The fraction of sp³-hybridized carbons (Fsp3) is 0.562. The van der Waals surface area contributed by atoms with Gasteiger partial charge in [0, 0.05) is 25.4 Å². The number of aryl methyl sites for hydroxylation is 1. The van der Waals surface area contributed by atoms with Crippen molar-refractivity contribution in [3.8, 4) is 0 Å². The molecule has 1 fully saturated rings. The van der Waals surface area contributed by atoms with Crippen molar-refractivity contribution in [3.05, 3.63) is 29.8 Å². The van der Waals surface area contributed by atoms with E-state index in [1.807, 2.05) is 23.1 Å². The topological polar surface area (TPSA) is 52.6 Å². The number of hydrogen-bond donors (Lipinski definition) is 2. The highest BCUT2D eigenvalue weighted by atomic mass is 16.3. The number of urea groups is 1. The maximum Gasteiger partial charge on any atom is 0.321 e. The average Bonchev–Trinajstić information content (AvgIpc) is 2.49. The molecule has 2 N–H and O–H groups in total. The lowest BCUT2D eigenvalue weighted by atomic mass is 9.98. The fourth-order valence-corrected chi connectivity index (χ4v) is 2.64. The molecule has 2 rings (SSSR count). The maximum atomic E-state index is 12.3. The summed E-state index contributed by atoms with van der Waals surface area (Å²) in [4.78, 5) is 14.1. The monoisotopic (exact) mass is 276 g/mol. The molecule has 0 radical (unpaired) electrons. The number of benzene rings is 1. The molecule has 0 spiro atoms. The molecular weight excluding hydrogens is 252 g/mol. The third kappa shape index (κ3) is 3.73. The van der Waals surface area contributed by atoms with E-state index in [1.54, 1.807) is 0 Å². The molecule has 1 aromatic rings. The minimum Gasteiger partial charge on any atom is -0.396 e. The van der Waals surface area contributed by atoms with Crippen molar-refractivity contribution >= 4 is 11.7 Å². The van der Waals surface area contributed by atoms with Crippen LogP contribution in [0.5, 0.6) is 0 Å². The number of aliphatic hydroxyl groups excluding tert-OH is 1. The van der Waals surface area contributed by atoms with Crippen LogP contribution in [-0.4, -0.2) is 35.7 Å². The molecule has 0 saturated carbocycles. The highest BCUT2D eigenvalue weighted by Crippen LogP contribution is 2.20. The van der Waals surface area contributed by atoms with Gasteiger partial charge in [-0.2, -0.15) is 0 Å². The zero-order valence-corrected chi connectivity index (χ0v) is 12.1. The van der Waals surface area contributed by atoms with Crippen LogP contribution in [0, 0.1) is 5.92 Å². The van der Waals surface area contributed by atoms with Crippen molar-refractivity contribution in [3.63, 3.8) is 0 Å². The van der Waals surface area contributed by atoms with Gasteiger partial charge in [0.1, 0.15) is 0 Å². The van der Waals surface area contributed by atoms with E-state index in [9.17, 15) is 4.79 Å². The highest BCUT2D eigenvalue weighted by Gasteiger charge is 2.22. The predicted octanol–water partition coefficient (Wildman–Crippen LogP) is 2.88. The molecule has 2 amide bonds. The van der Waals surface area contributed by atoms with Crippen molar-refractivity contribution in [2.75, 3.05) is 25.0 Å². The lowest BCUT2D eigenvalue weighted by Crippen LogP contribution is -2.41. The Hall–Kier alpha value is -1.55. The third-order valence-corrected chi connectivity index (χ3v) is 3.94. The van der Waals surface area contributed by atoms with E-state index in [2.05, 4.69) is 18.3 Å². The molecule has 1 aromatic carbocycles. The van der Waals surface area contributed by atoms with E-state index in [0.29, 0.717) is 5.92 Å². The predicted molar refractivity (Wildman–Crippen MR) is 80.8 cm³/mol. The van der Waals surface area contributed by atoms with Crippen molar-refractivity contribution in [2.45, 2.75) is 32.6 Å². The smallest absolute Gasteiger partial charge is 0.321 e. The van der Waals surface area contributed by atoms with E-state index in [0.717, 1.165) is 44.5 Å². The summed E-state index contributed by atoms with van der Waals surface area (Å²) in [6.07, 6.45) is 3.82. The quantitative estimate of drug-likeness (QED) is 0.888. The third-order valence-electron chi connectivity index (χ3n) is 3.94. The zero-order chi connectivity index (χ0) is 14.4. The molecule has 0 atom stereocenters. The molecule has 1 saturated heterocycles. The molecule has 1 aliphatic rings. The summed E-state index contributed by atoms with van der Waals surface area (Å²) in [7, 11) is 0. The molecule has 0 unspecified atom stereocenters. The number of rotatable bonds is 4. The number of nitrogens with one attached hydrogen (secondary N) is 1. The van der Waals surface area contributed by atoms with Crippen molar-refractivity contribution < 1.29 is 9.90 Å². The van der Waals surface area contributed by atoms with Gasteiger partial charge in [0.25, 0.3) is 0 Å². The molecule has 4 heteroatoms. The molecule has 1 heterocycles. The minimum absolute atomic E-state index is 0.0232. The van der Waals surface area contributed by atoms with Crippen LogP contribution in [0.15, 0.2) is 24.3 Å². The van der Waals surface area contributed by atoms with E-state index in [4.69, 9.17) is 5.11 Å². The lowest BCUT2D eigenvalue weighted by Gasteiger charge is -2.31. The summed E-state index contributed by atoms with van der Waals surface area (Å²) >= 11 is 0. The number of hydrogen-bond acceptors (Lipinski definition) is 2. The number of amides is 2. The molecule has 0 aliphatic carbocycles. The van der Waals surface area contributed by atoms with Crippen molar-refractivity contribution in [2.24, 2.45) is 5.92 Å². The number of piperidine rings is 1. The molecule has 1 aliphatic heterocycles. The van der Waals surface area contributed by atoms with E-state index in [-0.39, 0.29) is 12.6 Å². The number of anilines is 1. The Morgan fingerprint density at radius 1 is 1.35 bits per heavy atom. The van der Waals surface area contributed by atoms with Crippen molar-refractivity contribution in [1.29, 1.82) is 0 Å². The number of carbonyl (C=O) groups is 1. The summed E-state index contributed by atoms with van der Waals surface area (Å²) in [6.45, 7) is 3.83. The van der Waals surface area contributed by atoms with Gasteiger partial charge in [-0.05, 0) is 36.8 Å². The first kappa shape index (κ1) is 14.9. The summed E-state index contributed by atoms with van der Waals surface area (Å²) in [5.41, 5.74) is 2.11. The first-order valence-corrected chi connectivity index (χ1v) is 7.49. The maximum absolute atomic E-state index is 12.3. The van der Waals surface area contributed by atoms with Crippen LogP contribution in [0.3, 0.4) is 0 Å². The molecule has 4 nitrogen and oxygen atoms in total. The Kier molecular flexibility index (Phi) is 5.41. The Morgan fingerprint density at radius 3 is 2.70 bits per heavy atom. The van der Waals surface area contributed by atoms with Crippen molar-refractivity contribution in [1.82, 2.24) is 4.90 Å². The lowest BCUT2D eigenvalue weighted by molar-refractivity contribution is 0.143. The summed E-state index contributed by atoms with van der Waals surface area (Å²) in [5, 5.41) is 12.1. The molecule has 110 valence electrons. The summed E-state index contributed by atoms with van der Waals surface area (Å²) < 4.78 is 0. The average molecular weight is 276 g/mol. The van der Waals surface area contributed by atoms with Gasteiger partial charge in [0.15, 0.2) is 0 Å². The number of likely N-dealkylation sites (tertiary alicyclic amines) is 1. The van der Waals surface area contributed by atoms with E-state index in [1.165, 1.54) is 5.56 Å². The molecule has 20 heavy (non-hydrogen) atoms. The zero-order valence-electron chi connectivity index (χ0n) is 12.1. The normalized spacial score (nSPS) is 16.2. The first-order chi connectivity index (χ1) is 9.74. The SMILES string of the molecule is CCCc1ccccc1NC(=O)N1CCC(CO)CC1. The highest BCUT2D eigenvalue weighted by molar-refractivity contribution is 5.90. The number of carbonyl (C=O) groups excluding carboxylic acids is 1. The van der Waals surface area contributed by atoms with Crippen LogP contribution >= 0.6 is 0 Å². The minimum atomic E-state index is -0.0232. The van der Waals surface area contributed by atoms with E-state index < -0.39 is 0 Å². The Bertz CT molecular complexity index is 440. The second-order valence-corrected chi connectivity index (χ2v) is 5.45. The molecular formula is C16H24N2O2. The van der Waals surface area contributed by atoms with E-state index >= 15 is 0 Å². The van der Waals surface area contributed by atoms with Crippen LogP contribution in [0.1, 0.15) is 31.7 Å².